The first-order valence-electron chi connectivity index (χ1n) is 3.77. The second kappa shape index (κ2) is 2.58. The van der Waals surface area contributed by atoms with E-state index in [0.717, 1.165) is 0 Å². The van der Waals surface area contributed by atoms with Crippen molar-refractivity contribution in [2.75, 3.05) is 5.73 Å². The molecule has 0 aliphatic rings. The Morgan fingerprint density at radius 2 is 2.23 bits per heavy atom. The monoisotopic (exact) mass is 179 g/mol. The zero-order chi connectivity index (χ0) is 9.42. The summed E-state index contributed by atoms with van der Waals surface area (Å²) < 4.78 is 6.73. The van der Waals surface area contributed by atoms with Gasteiger partial charge in [0.2, 0.25) is 5.89 Å². The number of nitrogen functional groups attached to an aromatic ring is 1. The molecule has 0 unspecified atom stereocenters. The second-order valence-electron chi connectivity index (χ2n) is 2.70. The van der Waals surface area contributed by atoms with Crippen molar-refractivity contribution in [1.29, 1.82) is 0 Å². The Balaban J connectivity index is 2.46. The average molecular weight is 179 g/mol. The maximum atomic E-state index is 5.60. The van der Waals surface area contributed by atoms with Crippen LogP contribution in [0.2, 0.25) is 0 Å². The third-order valence-corrected chi connectivity index (χ3v) is 1.66. The molecule has 0 radical (unpaired) electrons. The summed E-state index contributed by atoms with van der Waals surface area (Å²) in [5.74, 6) is 1.47. The minimum atomic E-state index is 0.393. The van der Waals surface area contributed by atoms with Crippen LogP contribution in [0.25, 0.3) is 11.6 Å². The Labute approximate surface area is 74.4 Å². The SMILES string of the molecule is Cc1nnc(-c2cc(N)n(C)n2)o1. The first kappa shape index (κ1) is 7.78. The van der Waals surface area contributed by atoms with E-state index in [1.807, 2.05) is 0 Å². The van der Waals surface area contributed by atoms with E-state index in [1.165, 1.54) is 0 Å². The summed E-state index contributed by atoms with van der Waals surface area (Å²) in [6.07, 6.45) is 0. The molecule has 0 amide bonds. The van der Waals surface area contributed by atoms with Gasteiger partial charge in [-0.2, -0.15) is 5.10 Å². The van der Waals surface area contributed by atoms with Gasteiger partial charge in [-0.1, -0.05) is 0 Å². The minimum Gasteiger partial charge on any atom is -0.420 e. The Bertz CT molecular complexity index is 410. The minimum absolute atomic E-state index is 0.393. The molecule has 0 aliphatic carbocycles. The number of nitrogens with two attached hydrogens (primary N) is 1. The van der Waals surface area contributed by atoms with Gasteiger partial charge in [0.25, 0.3) is 5.89 Å². The van der Waals surface area contributed by atoms with Crippen molar-refractivity contribution in [3.8, 4) is 11.6 Å². The molecule has 0 saturated heterocycles. The summed E-state index contributed by atoms with van der Waals surface area (Å²) in [6, 6.07) is 1.69. The predicted octanol–water partition coefficient (Wildman–Crippen LogP) is 0.361. The van der Waals surface area contributed by atoms with Crippen LogP contribution in [0.3, 0.4) is 0 Å². The average Bonchev–Trinajstić information content (AvgIpc) is 2.61. The molecule has 68 valence electrons. The number of aryl methyl sites for hydroxylation is 2. The number of rotatable bonds is 1. The number of nitrogens with zero attached hydrogens (tertiary/aromatic N) is 4. The van der Waals surface area contributed by atoms with Gasteiger partial charge < -0.3 is 10.2 Å². The standard InChI is InChI=1S/C7H9N5O/c1-4-9-10-7(13-4)5-3-6(8)12(2)11-5/h3H,8H2,1-2H3. The highest BCUT2D eigenvalue weighted by atomic mass is 16.4. The largest absolute Gasteiger partial charge is 0.420 e. The van der Waals surface area contributed by atoms with Crippen LogP contribution in [0.1, 0.15) is 5.89 Å². The zero-order valence-electron chi connectivity index (χ0n) is 7.35. The fourth-order valence-electron chi connectivity index (χ4n) is 0.986. The summed E-state index contributed by atoms with van der Waals surface area (Å²) in [6.45, 7) is 1.72. The van der Waals surface area contributed by atoms with Gasteiger partial charge in [0.05, 0.1) is 0 Å². The summed E-state index contributed by atoms with van der Waals surface area (Å²) in [7, 11) is 1.75. The van der Waals surface area contributed by atoms with Crippen LogP contribution in [0, 0.1) is 6.92 Å². The Kier molecular flexibility index (Phi) is 1.54. The van der Waals surface area contributed by atoms with Crippen molar-refractivity contribution in [2.24, 2.45) is 7.05 Å². The highest BCUT2D eigenvalue weighted by molar-refractivity contribution is 5.52. The van der Waals surface area contributed by atoms with Gasteiger partial charge in [-0.3, -0.25) is 4.68 Å². The summed E-state index contributed by atoms with van der Waals surface area (Å²) >= 11 is 0. The molecule has 6 heteroatoms. The number of anilines is 1. The molecule has 0 fully saturated rings. The number of hydrogen-bond donors (Lipinski definition) is 1. The van der Waals surface area contributed by atoms with Crippen LogP contribution in [-0.4, -0.2) is 20.0 Å². The first-order chi connectivity index (χ1) is 6.16. The lowest BCUT2D eigenvalue weighted by Crippen LogP contribution is -1.96. The second-order valence-corrected chi connectivity index (χ2v) is 2.70. The van der Waals surface area contributed by atoms with E-state index in [0.29, 0.717) is 23.3 Å². The van der Waals surface area contributed by atoms with E-state index in [2.05, 4.69) is 15.3 Å². The molecule has 0 atom stereocenters. The third kappa shape index (κ3) is 1.26. The Hall–Kier alpha value is -1.85. The van der Waals surface area contributed by atoms with E-state index in [4.69, 9.17) is 10.2 Å². The van der Waals surface area contributed by atoms with E-state index in [9.17, 15) is 0 Å². The lowest BCUT2D eigenvalue weighted by Gasteiger charge is -1.88. The molecule has 0 spiro atoms. The molecule has 2 heterocycles. The predicted molar refractivity (Wildman–Crippen MR) is 45.6 cm³/mol. The highest BCUT2D eigenvalue weighted by Gasteiger charge is 2.10. The highest BCUT2D eigenvalue weighted by Crippen LogP contribution is 2.17. The molecule has 0 saturated carbocycles. The molecule has 6 nitrogen and oxygen atoms in total. The van der Waals surface area contributed by atoms with E-state index in [-0.39, 0.29) is 0 Å². The lowest BCUT2D eigenvalue weighted by molar-refractivity contribution is 0.529. The summed E-state index contributed by atoms with van der Waals surface area (Å²) in [5.41, 5.74) is 6.19. The number of aromatic nitrogens is 4. The lowest BCUT2D eigenvalue weighted by atomic mass is 10.4. The van der Waals surface area contributed by atoms with Crippen molar-refractivity contribution >= 4 is 5.82 Å². The van der Waals surface area contributed by atoms with Crippen LogP contribution >= 0.6 is 0 Å². The van der Waals surface area contributed by atoms with Gasteiger partial charge in [0.1, 0.15) is 5.82 Å². The van der Waals surface area contributed by atoms with Crippen molar-refractivity contribution in [3.05, 3.63) is 12.0 Å². The quantitative estimate of drug-likeness (QED) is 0.683. The van der Waals surface area contributed by atoms with Crippen LogP contribution < -0.4 is 5.73 Å². The van der Waals surface area contributed by atoms with Crippen LogP contribution in [-0.2, 0) is 7.05 Å². The topological polar surface area (TPSA) is 82.8 Å². The molecule has 0 aromatic carbocycles. The van der Waals surface area contributed by atoms with Gasteiger partial charge >= 0.3 is 0 Å². The molecule has 2 rings (SSSR count). The van der Waals surface area contributed by atoms with Gasteiger partial charge in [0, 0.05) is 20.0 Å². The van der Waals surface area contributed by atoms with Crippen LogP contribution in [0.4, 0.5) is 5.82 Å². The zero-order valence-corrected chi connectivity index (χ0v) is 7.35. The molecule has 2 aromatic heterocycles. The normalized spacial score (nSPS) is 10.6. The fraction of sp³-hybridized carbons (Fsp3) is 0.286. The third-order valence-electron chi connectivity index (χ3n) is 1.66. The Morgan fingerprint density at radius 3 is 2.69 bits per heavy atom. The van der Waals surface area contributed by atoms with Gasteiger partial charge in [0.15, 0.2) is 5.69 Å². The van der Waals surface area contributed by atoms with Crippen molar-refractivity contribution in [1.82, 2.24) is 20.0 Å². The first-order valence-corrected chi connectivity index (χ1v) is 3.77. The summed E-state index contributed by atoms with van der Waals surface area (Å²) in [4.78, 5) is 0. The smallest absolute Gasteiger partial charge is 0.268 e. The maximum absolute atomic E-state index is 5.60. The Morgan fingerprint density at radius 1 is 1.46 bits per heavy atom. The maximum Gasteiger partial charge on any atom is 0.268 e. The number of hydrogen-bond acceptors (Lipinski definition) is 5. The van der Waals surface area contributed by atoms with E-state index in [1.54, 1.807) is 24.7 Å². The fourth-order valence-corrected chi connectivity index (χ4v) is 0.986. The van der Waals surface area contributed by atoms with Gasteiger partial charge in [-0.05, 0) is 0 Å². The molecule has 0 bridgehead atoms. The molecule has 2 N–H and O–H groups in total. The molecule has 0 aliphatic heterocycles. The van der Waals surface area contributed by atoms with Crippen molar-refractivity contribution in [2.45, 2.75) is 6.92 Å². The molecule has 13 heavy (non-hydrogen) atoms. The van der Waals surface area contributed by atoms with Crippen molar-refractivity contribution < 1.29 is 4.42 Å². The molecule has 2 aromatic rings. The molecular formula is C7H9N5O. The van der Waals surface area contributed by atoms with Crippen molar-refractivity contribution in [3.63, 3.8) is 0 Å². The van der Waals surface area contributed by atoms with Gasteiger partial charge in [-0.15, -0.1) is 10.2 Å². The van der Waals surface area contributed by atoms with Crippen LogP contribution in [0.15, 0.2) is 10.5 Å². The molecular weight excluding hydrogens is 170 g/mol. The van der Waals surface area contributed by atoms with E-state index >= 15 is 0 Å². The van der Waals surface area contributed by atoms with Crippen LogP contribution in [0.5, 0.6) is 0 Å². The van der Waals surface area contributed by atoms with Gasteiger partial charge in [-0.25, -0.2) is 0 Å². The van der Waals surface area contributed by atoms with E-state index < -0.39 is 0 Å². The summed E-state index contributed by atoms with van der Waals surface area (Å²) in [5, 5.41) is 11.6.